The number of hydrogen-bond donors (Lipinski definition) is 1. The van der Waals surface area contributed by atoms with Crippen LogP contribution in [0.1, 0.15) is 5.82 Å². The third kappa shape index (κ3) is 1.69. The van der Waals surface area contributed by atoms with Crippen molar-refractivity contribution in [3.63, 3.8) is 0 Å². The van der Waals surface area contributed by atoms with E-state index in [9.17, 15) is 0 Å². The van der Waals surface area contributed by atoms with Crippen LogP contribution in [-0.4, -0.2) is 34.3 Å². The minimum Gasteiger partial charge on any atom is -0.368 e. The van der Waals surface area contributed by atoms with Crippen molar-refractivity contribution in [1.29, 1.82) is 0 Å². The van der Waals surface area contributed by atoms with Crippen molar-refractivity contribution < 1.29 is 0 Å². The van der Waals surface area contributed by atoms with Crippen molar-refractivity contribution >= 4 is 5.95 Å². The summed E-state index contributed by atoms with van der Waals surface area (Å²) in [5.74, 6) is 1.70. The molecule has 0 unspecified atom stereocenters. The monoisotopic (exact) mass is 242 g/mol. The molecule has 0 fully saturated rings. The Morgan fingerprint density at radius 3 is 2.56 bits per heavy atom. The molecule has 2 N–H and O–H groups in total. The molecule has 0 atom stereocenters. The lowest BCUT2D eigenvalue weighted by Crippen LogP contribution is -2.11. The molecule has 8 nitrogen and oxygen atoms in total. The molecular weight excluding hydrogens is 232 g/mol. The molecule has 0 aliphatic carbocycles. The Morgan fingerprint density at radius 2 is 1.89 bits per heavy atom. The molecule has 3 heterocycles. The molecule has 0 aliphatic heterocycles. The molecule has 0 saturated carbocycles. The standard InChI is InChI=1S/C10H10N8/c1-7-12-4-6-17(7)9-14-8(11)15-10(16-9)18-5-2-3-13-18/h2-6H,1H3,(H2,11,14,15,16). The summed E-state index contributed by atoms with van der Waals surface area (Å²) in [5, 5.41) is 4.06. The van der Waals surface area contributed by atoms with Gasteiger partial charge in [0.05, 0.1) is 0 Å². The van der Waals surface area contributed by atoms with E-state index in [4.69, 9.17) is 5.73 Å². The summed E-state index contributed by atoms with van der Waals surface area (Å²) >= 11 is 0. The SMILES string of the molecule is Cc1nccn1-c1nc(N)nc(-n2cccn2)n1. The van der Waals surface area contributed by atoms with E-state index in [1.54, 1.807) is 35.4 Å². The van der Waals surface area contributed by atoms with Crippen LogP contribution in [0.25, 0.3) is 11.9 Å². The number of nitrogens with two attached hydrogens (primary N) is 1. The third-order valence-electron chi connectivity index (χ3n) is 2.38. The number of nitrogen functional groups attached to an aromatic ring is 1. The highest BCUT2D eigenvalue weighted by Gasteiger charge is 2.09. The second-order valence-corrected chi connectivity index (χ2v) is 3.59. The lowest BCUT2D eigenvalue weighted by Gasteiger charge is -2.06. The zero-order valence-electron chi connectivity index (χ0n) is 9.59. The molecule has 0 amide bonds. The van der Waals surface area contributed by atoms with Gasteiger partial charge in [0, 0.05) is 24.8 Å². The van der Waals surface area contributed by atoms with Crippen molar-refractivity contribution in [1.82, 2.24) is 34.3 Å². The van der Waals surface area contributed by atoms with Crippen LogP contribution in [0.2, 0.25) is 0 Å². The predicted octanol–water partition coefficient (Wildman–Crippen LogP) is 0.134. The Kier molecular flexibility index (Phi) is 2.26. The average molecular weight is 242 g/mol. The first-order chi connectivity index (χ1) is 8.74. The van der Waals surface area contributed by atoms with Gasteiger partial charge in [-0.2, -0.15) is 20.1 Å². The highest BCUT2D eigenvalue weighted by Crippen LogP contribution is 2.08. The summed E-state index contributed by atoms with van der Waals surface area (Å²) in [6, 6.07) is 1.78. The van der Waals surface area contributed by atoms with E-state index in [0.717, 1.165) is 5.82 Å². The molecule has 0 spiro atoms. The summed E-state index contributed by atoms with van der Waals surface area (Å²) in [5.41, 5.74) is 5.68. The smallest absolute Gasteiger partial charge is 0.257 e. The van der Waals surface area contributed by atoms with Crippen molar-refractivity contribution in [2.24, 2.45) is 0 Å². The quantitative estimate of drug-likeness (QED) is 0.685. The van der Waals surface area contributed by atoms with Gasteiger partial charge in [-0.05, 0) is 13.0 Å². The van der Waals surface area contributed by atoms with Gasteiger partial charge in [-0.15, -0.1) is 0 Å². The maximum Gasteiger partial charge on any atom is 0.257 e. The maximum atomic E-state index is 5.68. The molecule has 90 valence electrons. The fraction of sp³-hybridized carbons (Fsp3) is 0.100. The average Bonchev–Trinajstić information content (AvgIpc) is 2.98. The number of hydrogen-bond acceptors (Lipinski definition) is 6. The van der Waals surface area contributed by atoms with E-state index in [1.165, 1.54) is 4.68 Å². The van der Waals surface area contributed by atoms with Crippen molar-refractivity contribution in [3.05, 3.63) is 36.7 Å². The Balaban J connectivity index is 2.15. The number of imidazole rings is 1. The van der Waals surface area contributed by atoms with Gasteiger partial charge in [0.2, 0.25) is 11.9 Å². The molecular formula is C10H10N8. The van der Waals surface area contributed by atoms with Gasteiger partial charge in [-0.25, -0.2) is 9.67 Å². The van der Waals surface area contributed by atoms with E-state index in [0.29, 0.717) is 11.9 Å². The Labute approximate surface area is 102 Å². The highest BCUT2D eigenvalue weighted by atomic mass is 15.4. The fourth-order valence-corrected chi connectivity index (χ4v) is 1.56. The minimum atomic E-state index is 0.138. The van der Waals surface area contributed by atoms with Crippen LogP contribution >= 0.6 is 0 Å². The van der Waals surface area contributed by atoms with Crippen LogP contribution in [0.4, 0.5) is 5.95 Å². The molecule has 0 aromatic carbocycles. The van der Waals surface area contributed by atoms with Gasteiger partial charge >= 0.3 is 0 Å². The second kappa shape index (κ2) is 3.91. The topological polar surface area (TPSA) is 100 Å². The largest absolute Gasteiger partial charge is 0.368 e. The van der Waals surface area contributed by atoms with Crippen LogP contribution in [0, 0.1) is 6.92 Å². The number of anilines is 1. The maximum absolute atomic E-state index is 5.68. The van der Waals surface area contributed by atoms with Crippen LogP contribution in [0.5, 0.6) is 0 Å². The van der Waals surface area contributed by atoms with Crippen LogP contribution in [0.3, 0.4) is 0 Å². The lowest BCUT2D eigenvalue weighted by atomic mass is 10.6. The molecule has 0 aliphatic rings. The van der Waals surface area contributed by atoms with E-state index in [-0.39, 0.29) is 5.95 Å². The molecule has 18 heavy (non-hydrogen) atoms. The number of aryl methyl sites for hydroxylation is 1. The summed E-state index contributed by atoms with van der Waals surface area (Å²) in [6.45, 7) is 1.85. The Bertz CT molecular complexity index is 669. The Hall–Kier alpha value is -2.77. The molecule has 3 aromatic rings. The van der Waals surface area contributed by atoms with Crippen LogP contribution in [0.15, 0.2) is 30.9 Å². The van der Waals surface area contributed by atoms with Gasteiger partial charge in [0.1, 0.15) is 5.82 Å². The van der Waals surface area contributed by atoms with E-state index in [2.05, 4.69) is 25.0 Å². The molecule has 3 rings (SSSR count). The van der Waals surface area contributed by atoms with E-state index < -0.39 is 0 Å². The number of aromatic nitrogens is 7. The van der Waals surface area contributed by atoms with E-state index in [1.807, 2.05) is 6.92 Å². The third-order valence-corrected chi connectivity index (χ3v) is 2.38. The zero-order valence-corrected chi connectivity index (χ0v) is 9.59. The van der Waals surface area contributed by atoms with Crippen LogP contribution < -0.4 is 5.73 Å². The minimum absolute atomic E-state index is 0.138. The van der Waals surface area contributed by atoms with Crippen molar-refractivity contribution in [2.45, 2.75) is 6.92 Å². The predicted molar refractivity (Wildman–Crippen MR) is 63.2 cm³/mol. The summed E-state index contributed by atoms with van der Waals surface area (Å²) < 4.78 is 3.25. The second-order valence-electron chi connectivity index (χ2n) is 3.59. The number of rotatable bonds is 2. The first kappa shape index (κ1) is 10.4. The van der Waals surface area contributed by atoms with E-state index >= 15 is 0 Å². The summed E-state index contributed by atoms with van der Waals surface area (Å²) in [6.07, 6.45) is 6.81. The Morgan fingerprint density at radius 1 is 1.06 bits per heavy atom. The van der Waals surface area contributed by atoms with Crippen molar-refractivity contribution in [2.75, 3.05) is 5.73 Å². The summed E-state index contributed by atoms with van der Waals surface area (Å²) in [7, 11) is 0. The first-order valence-electron chi connectivity index (χ1n) is 5.26. The lowest BCUT2D eigenvalue weighted by molar-refractivity contribution is 0.772. The number of nitrogens with zero attached hydrogens (tertiary/aromatic N) is 7. The molecule has 8 heteroatoms. The van der Waals surface area contributed by atoms with Crippen LogP contribution in [-0.2, 0) is 0 Å². The van der Waals surface area contributed by atoms with Gasteiger partial charge in [0.25, 0.3) is 5.95 Å². The molecule has 0 bridgehead atoms. The fourth-order valence-electron chi connectivity index (χ4n) is 1.56. The van der Waals surface area contributed by atoms with Gasteiger partial charge in [0.15, 0.2) is 0 Å². The van der Waals surface area contributed by atoms with Crippen molar-refractivity contribution in [3.8, 4) is 11.9 Å². The van der Waals surface area contributed by atoms with Gasteiger partial charge < -0.3 is 5.73 Å². The molecule has 0 radical (unpaired) electrons. The molecule has 3 aromatic heterocycles. The van der Waals surface area contributed by atoms with Gasteiger partial charge in [-0.1, -0.05) is 0 Å². The zero-order chi connectivity index (χ0) is 12.5. The van der Waals surface area contributed by atoms with Gasteiger partial charge in [-0.3, -0.25) is 4.57 Å². The summed E-state index contributed by atoms with van der Waals surface area (Å²) in [4.78, 5) is 16.5. The normalized spacial score (nSPS) is 10.7. The highest BCUT2D eigenvalue weighted by molar-refractivity contribution is 5.29. The molecule has 0 saturated heterocycles. The first-order valence-corrected chi connectivity index (χ1v) is 5.26.